The molecular formula is C8H15LiO4. The van der Waals surface area contributed by atoms with Crippen LogP contribution in [0.4, 0.5) is 0 Å². The van der Waals surface area contributed by atoms with Crippen LogP contribution in [0.25, 0.3) is 0 Å². The Morgan fingerprint density at radius 2 is 1.54 bits per heavy atom. The van der Waals surface area contributed by atoms with E-state index in [-0.39, 0.29) is 25.3 Å². The molecule has 72 valence electrons. The first-order valence-corrected chi connectivity index (χ1v) is 3.86. The van der Waals surface area contributed by atoms with Gasteiger partial charge in [0, 0.05) is 0 Å². The molecule has 4 nitrogen and oxygen atoms in total. The summed E-state index contributed by atoms with van der Waals surface area (Å²) in [6.07, 6.45) is 0.106. The van der Waals surface area contributed by atoms with Crippen molar-refractivity contribution in [3.63, 3.8) is 0 Å². The molecule has 0 aromatic carbocycles. The quantitative estimate of drug-likeness (QED) is 0.492. The molecule has 0 spiro atoms. The second-order valence-corrected chi connectivity index (χ2v) is 3.09. The Morgan fingerprint density at radius 3 is 1.54 bits per heavy atom. The average molecular weight is 182 g/mol. The van der Waals surface area contributed by atoms with Gasteiger partial charge in [-0.1, -0.05) is 20.8 Å². The Hall–Kier alpha value is -0.463. The van der Waals surface area contributed by atoms with E-state index >= 15 is 0 Å². The molecule has 0 aromatic heterocycles. The Labute approximate surface area is 89.5 Å². The Kier molecular flexibility index (Phi) is 6.14. The van der Waals surface area contributed by atoms with Crippen molar-refractivity contribution >= 4 is 30.8 Å². The molecule has 13 heavy (non-hydrogen) atoms. The van der Waals surface area contributed by atoms with Crippen LogP contribution in [0.1, 0.15) is 27.2 Å². The normalized spacial score (nSPS) is 10.8. The van der Waals surface area contributed by atoms with E-state index in [2.05, 4.69) is 0 Å². The van der Waals surface area contributed by atoms with E-state index in [0.717, 1.165) is 0 Å². The maximum atomic E-state index is 10.8. The molecule has 0 unspecified atom stereocenters. The second-order valence-electron chi connectivity index (χ2n) is 3.09. The number of hydrogen-bond donors (Lipinski definition) is 2. The van der Waals surface area contributed by atoms with Crippen LogP contribution >= 0.6 is 0 Å². The number of rotatable bonds is 4. The van der Waals surface area contributed by atoms with E-state index in [4.69, 9.17) is 10.2 Å². The first kappa shape index (κ1) is 15.0. The molecule has 0 saturated heterocycles. The summed E-state index contributed by atoms with van der Waals surface area (Å²) in [6.45, 7) is 4.78. The fraction of sp³-hybridized carbons (Fsp3) is 0.750. The molecule has 0 rings (SSSR count). The molecule has 0 amide bonds. The summed E-state index contributed by atoms with van der Waals surface area (Å²) in [5, 5.41) is 17.6. The number of carboxylic acid groups (broad SMARTS) is 2. The minimum atomic E-state index is -1.63. The summed E-state index contributed by atoms with van der Waals surface area (Å²) in [7, 11) is 0. The van der Waals surface area contributed by atoms with E-state index < -0.39 is 23.3 Å². The summed E-state index contributed by atoms with van der Waals surface area (Å²) in [6, 6.07) is 0. The van der Waals surface area contributed by atoms with Crippen LogP contribution in [-0.2, 0) is 9.59 Å². The van der Waals surface area contributed by atoms with Gasteiger partial charge in [-0.05, 0) is 12.3 Å². The first-order chi connectivity index (χ1) is 5.39. The molecule has 0 fully saturated rings. The van der Waals surface area contributed by atoms with Crippen molar-refractivity contribution in [2.24, 2.45) is 11.3 Å². The fourth-order valence-electron chi connectivity index (χ4n) is 1.30. The SMILES string of the molecule is CCC(C(=O)O)(C(=O)O)C(C)C.[LiH]. The summed E-state index contributed by atoms with van der Waals surface area (Å²) < 4.78 is 0. The molecular weight excluding hydrogens is 167 g/mol. The summed E-state index contributed by atoms with van der Waals surface area (Å²) in [4.78, 5) is 21.5. The van der Waals surface area contributed by atoms with E-state index in [1.54, 1.807) is 20.8 Å². The zero-order chi connectivity index (χ0) is 9.94. The van der Waals surface area contributed by atoms with Crippen LogP contribution in [0.15, 0.2) is 0 Å². The standard InChI is InChI=1S/C8H14O4.Li.H/c1-4-8(5(2)3,6(9)10)7(11)12;;/h5H,4H2,1-3H3,(H,9,10)(H,11,12);;. The molecule has 0 bridgehead atoms. The number of aliphatic carboxylic acids is 2. The van der Waals surface area contributed by atoms with Crippen LogP contribution in [0.2, 0.25) is 0 Å². The zero-order valence-corrected chi connectivity index (χ0v) is 7.50. The summed E-state index contributed by atoms with van der Waals surface area (Å²) >= 11 is 0. The molecule has 0 aliphatic rings. The van der Waals surface area contributed by atoms with Crippen LogP contribution in [-0.4, -0.2) is 41.0 Å². The van der Waals surface area contributed by atoms with Gasteiger partial charge in [-0.15, -0.1) is 0 Å². The van der Waals surface area contributed by atoms with Crippen LogP contribution < -0.4 is 0 Å². The van der Waals surface area contributed by atoms with E-state index in [9.17, 15) is 9.59 Å². The maximum absolute atomic E-state index is 10.8. The molecule has 0 radical (unpaired) electrons. The van der Waals surface area contributed by atoms with Crippen molar-refractivity contribution in [2.45, 2.75) is 27.2 Å². The zero-order valence-electron chi connectivity index (χ0n) is 7.50. The van der Waals surface area contributed by atoms with Gasteiger partial charge >= 0.3 is 30.8 Å². The molecule has 0 aromatic rings. The molecule has 0 saturated carbocycles. The Balaban J connectivity index is 0. The van der Waals surface area contributed by atoms with Crippen molar-refractivity contribution in [1.29, 1.82) is 0 Å². The third-order valence-electron chi connectivity index (χ3n) is 2.31. The number of hydrogen-bond acceptors (Lipinski definition) is 2. The Bertz CT molecular complexity index is 186. The molecule has 0 heterocycles. The van der Waals surface area contributed by atoms with Crippen molar-refractivity contribution < 1.29 is 19.8 Å². The summed E-state index contributed by atoms with van der Waals surface area (Å²) in [5.74, 6) is -2.92. The third kappa shape index (κ3) is 2.49. The first-order valence-electron chi connectivity index (χ1n) is 3.86. The summed E-state index contributed by atoms with van der Waals surface area (Å²) in [5.41, 5.74) is -1.63. The van der Waals surface area contributed by atoms with Crippen molar-refractivity contribution in [3.05, 3.63) is 0 Å². The molecule has 0 aliphatic carbocycles. The predicted molar refractivity (Wildman–Crippen MR) is 50.0 cm³/mol. The van der Waals surface area contributed by atoms with E-state index in [0.29, 0.717) is 0 Å². The minimum absolute atomic E-state index is 0. The van der Waals surface area contributed by atoms with Crippen LogP contribution in [0.5, 0.6) is 0 Å². The molecule has 0 atom stereocenters. The molecule has 5 heteroatoms. The van der Waals surface area contributed by atoms with Gasteiger partial charge in [0.15, 0.2) is 5.41 Å². The van der Waals surface area contributed by atoms with Crippen LogP contribution in [0, 0.1) is 11.3 Å². The van der Waals surface area contributed by atoms with E-state index in [1.807, 2.05) is 0 Å². The van der Waals surface area contributed by atoms with Gasteiger partial charge in [-0.2, -0.15) is 0 Å². The average Bonchev–Trinajstić information content (AvgIpc) is 1.86. The van der Waals surface area contributed by atoms with Gasteiger partial charge in [0.25, 0.3) is 0 Å². The van der Waals surface area contributed by atoms with Gasteiger partial charge in [-0.3, -0.25) is 9.59 Å². The molecule has 0 aliphatic heterocycles. The van der Waals surface area contributed by atoms with Gasteiger partial charge < -0.3 is 10.2 Å². The van der Waals surface area contributed by atoms with Crippen molar-refractivity contribution in [2.75, 3.05) is 0 Å². The van der Waals surface area contributed by atoms with Gasteiger partial charge in [0.05, 0.1) is 0 Å². The third-order valence-corrected chi connectivity index (χ3v) is 2.31. The van der Waals surface area contributed by atoms with Gasteiger partial charge in [-0.25, -0.2) is 0 Å². The second kappa shape index (κ2) is 5.31. The fourth-order valence-corrected chi connectivity index (χ4v) is 1.30. The topological polar surface area (TPSA) is 74.6 Å². The molecule has 2 N–H and O–H groups in total. The van der Waals surface area contributed by atoms with Gasteiger partial charge in [0.2, 0.25) is 0 Å². The monoisotopic (exact) mass is 182 g/mol. The number of carbonyl (C=O) groups is 2. The number of carboxylic acids is 2. The Morgan fingerprint density at radius 1 is 1.23 bits per heavy atom. The van der Waals surface area contributed by atoms with Gasteiger partial charge in [0.1, 0.15) is 0 Å². The van der Waals surface area contributed by atoms with Crippen LogP contribution in [0.3, 0.4) is 0 Å². The van der Waals surface area contributed by atoms with Crippen molar-refractivity contribution in [1.82, 2.24) is 0 Å². The predicted octanol–water partition coefficient (Wildman–Crippen LogP) is 0.559. The van der Waals surface area contributed by atoms with E-state index in [1.165, 1.54) is 0 Å². The van der Waals surface area contributed by atoms with Crippen molar-refractivity contribution in [3.8, 4) is 0 Å².